The van der Waals surface area contributed by atoms with Gasteiger partial charge in [0.05, 0.1) is 0 Å². The van der Waals surface area contributed by atoms with Crippen LogP contribution in [0.2, 0.25) is 5.02 Å². The number of hydrogen-bond donors (Lipinski definition) is 1. The van der Waals surface area contributed by atoms with Crippen molar-refractivity contribution in [2.75, 3.05) is 5.32 Å². The molecule has 0 aliphatic carbocycles. The number of amides is 1. The molecule has 3 nitrogen and oxygen atoms in total. The van der Waals surface area contributed by atoms with Crippen LogP contribution in [0.15, 0.2) is 78.4 Å². The molecule has 3 aromatic rings. The van der Waals surface area contributed by atoms with Crippen LogP contribution in [0.1, 0.15) is 11.1 Å². The first-order valence-electron chi connectivity index (χ1n) is 8.42. The molecule has 27 heavy (non-hydrogen) atoms. The number of anilines is 1. The van der Waals surface area contributed by atoms with Crippen LogP contribution in [-0.2, 0) is 4.79 Å². The summed E-state index contributed by atoms with van der Waals surface area (Å²) in [5.41, 5.74) is 4.35. The molecule has 3 aromatic carbocycles. The summed E-state index contributed by atoms with van der Waals surface area (Å²) in [5, 5.41) is 12.7. The summed E-state index contributed by atoms with van der Waals surface area (Å²) in [6.07, 6.45) is 1.57. The minimum Gasteiger partial charge on any atom is -0.321 e. The summed E-state index contributed by atoms with van der Waals surface area (Å²) in [6, 6.07) is 24.9. The van der Waals surface area contributed by atoms with Gasteiger partial charge in [-0.1, -0.05) is 72.3 Å². The maximum Gasteiger partial charge on any atom is 0.266 e. The second kappa shape index (κ2) is 8.35. The predicted octanol–water partition coefficient (Wildman–Crippen LogP) is 5.86. The predicted molar refractivity (Wildman–Crippen MR) is 110 cm³/mol. The Labute approximate surface area is 163 Å². The number of benzene rings is 3. The molecule has 0 heterocycles. The van der Waals surface area contributed by atoms with Gasteiger partial charge in [-0.15, -0.1) is 0 Å². The third-order valence-electron chi connectivity index (χ3n) is 4.21. The van der Waals surface area contributed by atoms with Crippen LogP contribution >= 0.6 is 11.6 Å². The average Bonchev–Trinajstić information content (AvgIpc) is 2.70. The molecule has 0 spiro atoms. The molecule has 3 rings (SSSR count). The fourth-order valence-corrected chi connectivity index (χ4v) is 2.82. The number of hydrogen-bond acceptors (Lipinski definition) is 2. The lowest BCUT2D eigenvalue weighted by Gasteiger charge is -2.09. The van der Waals surface area contributed by atoms with E-state index in [1.165, 1.54) is 0 Å². The van der Waals surface area contributed by atoms with E-state index < -0.39 is 5.91 Å². The molecule has 4 heteroatoms. The Morgan fingerprint density at radius 1 is 0.963 bits per heavy atom. The lowest BCUT2D eigenvalue weighted by Crippen LogP contribution is -2.14. The molecule has 0 aliphatic heterocycles. The lowest BCUT2D eigenvalue weighted by molar-refractivity contribution is -0.112. The first-order chi connectivity index (χ1) is 13.1. The van der Waals surface area contributed by atoms with Crippen LogP contribution in [0, 0.1) is 18.3 Å². The van der Waals surface area contributed by atoms with Gasteiger partial charge in [0.1, 0.15) is 11.6 Å². The first kappa shape index (κ1) is 18.4. The zero-order chi connectivity index (χ0) is 19.2. The smallest absolute Gasteiger partial charge is 0.266 e. The van der Waals surface area contributed by atoms with E-state index in [2.05, 4.69) is 5.32 Å². The highest BCUT2D eigenvalue weighted by Crippen LogP contribution is 2.24. The van der Waals surface area contributed by atoms with E-state index in [-0.39, 0.29) is 5.57 Å². The second-order valence-electron chi connectivity index (χ2n) is 6.02. The van der Waals surface area contributed by atoms with Crippen LogP contribution in [-0.4, -0.2) is 5.91 Å². The summed E-state index contributed by atoms with van der Waals surface area (Å²) in [6.45, 7) is 1.82. The third kappa shape index (κ3) is 4.44. The quantitative estimate of drug-likeness (QED) is 0.460. The summed E-state index contributed by atoms with van der Waals surface area (Å²) >= 11 is 6.07. The third-order valence-corrected chi connectivity index (χ3v) is 4.62. The maximum absolute atomic E-state index is 12.5. The molecule has 0 atom stereocenters. The van der Waals surface area contributed by atoms with Gasteiger partial charge in [-0.05, 0) is 47.4 Å². The van der Waals surface area contributed by atoms with E-state index in [9.17, 15) is 10.1 Å². The van der Waals surface area contributed by atoms with E-state index in [0.717, 1.165) is 22.3 Å². The van der Waals surface area contributed by atoms with Crippen molar-refractivity contribution in [2.24, 2.45) is 0 Å². The van der Waals surface area contributed by atoms with Gasteiger partial charge in [0, 0.05) is 10.7 Å². The number of rotatable bonds is 4. The van der Waals surface area contributed by atoms with Gasteiger partial charge in [-0.2, -0.15) is 5.26 Å². The average molecular weight is 373 g/mol. The topological polar surface area (TPSA) is 52.9 Å². The molecular formula is C23H17ClN2O. The number of carbonyl (C=O) groups excluding carboxylic acids is 1. The Bertz CT molecular complexity index is 1030. The van der Waals surface area contributed by atoms with Crippen molar-refractivity contribution in [3.63, 3.8) is 0 Å². The van der Waals surface area contributed by atoms with Crippen molar-refractivity contribution in [1.29, 1.82) is 5.26 Å². The van der Waals surface area contributed by atoms with Gasteiger partial charge in [0.2, 0.25) is 0 Å². The number of nitriles is 1. The molecule has 0 saturated carbocycles. The highest BCUT2D eigenvalue weighted by Gasteiger charge is 2.12. The maximum atomic E-state index is 12.5. The summed E-state index contributed by atoms with van der Waals surface area (Å²) < 4.78 is 0. The zero-order valence-corrected chi connectivity index (χ0v) is 15.5. The van der Waals surface area contributed by atoms with Gasteiger partial charge in [-0.25, -0.2) is 0 Å². The molecular weight excluding hydrogens is 356 g/mol. The van der Waals surface area contributed by atoms with Crippen molar-refractivity contribution in [1.82, 2.24) is 0 Å². The van der Waals surface area contributed by atoms with Gasteiger partial charge < -0.3 is 5.32 Å². The second-order valence-corrected chi connectivity index (χ2v) is 6.43. The molecule has 1 N–H and O–H groups in total. The van der Waals surface area contributed by atoms with Crippen LogP contribution in [0.3, 0.4) is 0 Å². The SMILES string of the molecule is Cc1c(Cl)cccc1NC(=O)C(C#N)=Cc1ccc(-c2ccccc2)cc1. The molecule has 0 fully saturated rings. The molecule has 0 bridgehead atoms. The van der Waals surface area contributed by atoms with E-state index in [4.69, 9.17) is 11.6 Å². The van der Waals surface area contributed by atoms with Gasteiger partial charge >= 0.3 is 0 Å². The summed E-state index contributed by atoms with van der Waals surface area (Å²) in [5.74, 6) is -0.463. The van der Waals surface area contributed by atoms with Crippen LogP contribution in [0.25, 0.3) is 17.2 Å². The van der Waals surface area contributed by atoms with Gasteiger partial charge in [-0.3, -0.25) is 4.79 Å². The largest absolute Gasteiger partial charge is 0.321 e. The highest BCUT2D eigenvalue weighted by molar-refractivity contribution is 6.31. The fraction of sp³-hybridized carbons (Fsp3) is 0.0435. The minimum atomic E-state index is -0.463. The molecule has 0 unspecified atom stereocenters. The van der Waals surface area contributed by atoms with Crippen molar-refractivity contribution < 1.29 is 4.79 Å². The molecule has 0 aliphatic rings. The first-order valence-corrected chi connectivity index (χ1v) is 8.80. The van der Waals surface area contributed by atoms with Crippen molar-refractivity contribution >= 4 is 29.3 Å². The number of carbonyl (C=O) groups is 1. The van der Waals surface area contributed by atoms with E-state index in [0.29, 0.717) is 10.7 Å². The van der Waals surface area contributed by atoms with Crippen LogP contribution in [0.5, 0.6) is 0 Å². The summed E-state index contributed by atoms with van der Waals surface area (Å²) in [4.78, 5) is 12.5. The number of halogens is 1. The fourth-order valence-electron chi connectivity index (χ4n) is 2.65. The Morgan fingerprint density at radius 2 is 1.63 bits per heavy atom. The summed E-state index contributed by atoms with van der Waals surface area (Å²) in [7, 11) is 0. The Balaban J connectivity index is 1.80. The molecule has 1 amide bonds. The van der Waals surface area contributed by atoms with Crippen molar-refractivity contribution in [3.05, 3.63) is 94.5 Å². The highest BCUT2D eigenvalue weighted by atomic mass is 35.5. The molecule has 132 valence electrons. The van der Waals surface area contributed by atoms with Gasteiger partial charge in [0.25, 0.3) is 5.91 Å². The monoisotopic (exact) mass is 372 g/mol. The van der Waals surface area contributed by atoms with Crippen LogP contribution in [0.4, 0.5) is 5.69 Å². The standard InChI is InChI=1S/C23H17ClN2O/c1-16-21(24)8-5-9-22(16)26-23(27)20(15-25)14-17-10-12-19(13-11-17)18-6-3-2-4-7-18/h2-14H,1H3,(H,26,27). The Hall–Kier alpha value is -3.35. The van der Waals surface area contributed by atoms with Crippen LogP contribution < -0.4 is 5.32 Å². The molecule has 0 aromatic heterocycles. The Morgan fingerprint density at radius 3 is 2.30 bits per heavy atom. The van der Waals surface area contributed by atoms with Crippen molar-refractivity contribution in [3.8, 4) is 17.2 Å². The van der Waals surface area contributed by atoms with E-state index in [1.54, 1.807) is 24.3 Å². The normalized spacial score (nSPS) is 10.9. The molecule has 0 saturated heterocycles. The zero-order valence-electron chi connectivity index (χ0n) is 14.7. The van der Waals surface area contributed by atoms with Crippen molar-refractivity contribution in [2.45, 2.75) is 6.92 Å². The lowest BCUT2D eigenvalue weighted by atomic mass is 10.0. The minimum absolute atomic E-state index is 0.0295. The van der Waals surface area contributed by atoms with E-state index in [1.807, 2.05) is 67.6 Å². The Kier molecular flexibility index (Phi) is 5.71. The van der Waals surface area contributed by atoms with Gasteiger partial charge in [0.15, 0.2) is 0 Å². The van der Waals surface area contributed by atoms with E-state index >= 15 is 0 Å². The number of nitrogens with one attached hydrogen (secondary N) is 1. The number of nitrogens with zero attached hydrogens (tertiary/aromatic N) is 1. The molecule has 0 radical (unpaired) electrons.